The Labute approximate surface area is 316 Å². The number of aliphatic hydroxyl groups is 1. The number of carboxylic acids is 1. The molecule has 2 amide bonds. The van der Waals surface area contributed by atoms with Gasteiger partial charge in [-0.2, -0.15) is 0 Å². The SMILES string of the molecule is C=C(C)C1CCC2(C(=O)NCc3cccc(C(=O)NCCc4ccccc4C(=O)O)c3)CCC3C(CCC4C3(C)CCC3C(C)(C)C(O)CCC34C)C12. The van der Waals surface area contributed by atoms with Crippen molar-refractivity contribution >= 4 is 17.8 Å². The highest BCUT2D eigenvalue weighted by molar-refractivity contribution is 5.94. The van der Waals surface area contributed by atoms with E-state index in [1.54, 1.807) is 30.3 Å². The molecule has 10 unspecified atom stereocenters. The molecule has 5 saturated carbocycles. The molecule has 5 aliphatic rings. The highest BCUT2D eigenvalue weighted by Crippen LogP contribution is 2.73. The van der Waals surface area contributed by atoms with E-state index in [9.17, 15) is 24.6 Å². The first-order valence-electron chi connectivity index (χ1n) is 20.4. The number of carboxylic acid groups (broad SMARTS) is 1. The quantitative estimate of drug-likeness (QED) is 0.194. The zero-order chi connectivity index (χ0) is 37.9. The Morgan fingerprint density at radius 2 is 1.57 bits per heavy atom. The fourth-order valence-corrected chi connectivity index (χ4v) is 13.7. The van der Waals surface area contributed by atoms with E-state index in [0.717, 1.165) is 44.1 Å². The molecule has 2 aromatic carbocycles. The maximum atomic E-state index is 14.6. The lowest BCUT2D eigenvalue weighted by Crippen LogP contribution is -2.64. The van der Waals surface area contributed by atoms with Crippen LogP contribution in [-0.2, 0) is 17.8 Å². The number of aromatic carboxylic acids is 1. The lowest BCUT2D eigenvalue weighted by molar-refractivity contribution is -0.216. The van der Waals surface area contributed by atoms with Crippen molar-refractivity contribution < 1.29 is 24.6 Å². The number of hydrogen-bond acceptors (Lipinski definition) is 4. The molecular formula is C46H62N2O5. The molecule has 0 aliphatic heterocycles. The van der Waals surface area contributed by atoms with E-state index < -0.39 is 11.4 Å². The van der Waals surface area contributed by atoms with Gasteiger partial charge in [0.25, 0.3) is 5.91 Å². The third-order valence-electron chi connectivity index (χ3n) is 16.2. The van der Waals surface area contributed by atoms with Gasteiger partial charge in [-0.15, -0.1) is 0 Å². The summed E-state index contributed by atoms with van der Waals surface area (Å²) in [5.41, 5.74) is 3.60. The molecule has 0 heterocycles. The zero-order valence-corrected chi connectivity index (χ0v) is 32.7. The largest absolute Gasteiger partial charge is 0.478 e. The number of fused-ring (bicyclic) bond motifs is 7. The van der Waals surface area contributed by atoms with Crippen LogP contribution in [0.1, 0.15) is 131 Å². The average molecular weight is 723 g/mol. The molecule has 2 aromatic rings. The monoisotopic (exact) mass is 722 g/mol. The number of benzene rings is 2. The standard InChI is InChI=1S/C46H62N2O5/c1-28(2)32-16-23-46(42(53)48-27-29-10-9-12-31(26-29)40(50)47-25-20-30-11-7-8-13-33(30)41(51)52)24-17-35-34(39(32)46)14-15-37-44(35,5)21-18-36-43(3,4)38(49)19-22-45(36,37)6/h7-13,26,32,34-39,49H,1,14-25,27H2,2-6H3,(H,47,50)(H,48,53)(H,51,52). The second-order valence-corrected chi connectivity index (χ2v) is 18.9. The Morgan fingerprint density at radius 1 is 0.830 bits per heavy atom. The Balaban J connectivity index is 1.04. The van der Waals surface area contributed by atoms with E-state index in [4.69, 9.17) is 0 Å². The average Bonchev–Trinajstić information content (AvgIpc) is 3.54. The summed E-state index contributed by atoms with van der Waals surface area (Å²) in [6.07, 6.45) is 11.0. The van der Waals surface area contributed by atoms with Crippen LogP contribution in [0.25, 0.3) is 0 Å². The van der Waals surface area contributed by atoms with E-state index in [2.05, 4.69) is 51.8 Å². The number of allylic oxidation sites excluding steroid dienone is 1. The molecule has 5 aliphatic carbocycles. The molecular weight excluding hydrogens is 661 g/mol. The first-order chi connectivity index (χ1) is 25.1. The van der Waals surface area contributed by atoms with Crippen LogP contribution in [0.5, 0.6) is 0 Å². The van der Waals surface area contributed by atoms with E-state index in [0.29, 0.717) is 66.1 Å². The molecule has 7 nitrogen and oxygen atoms in total. The number of nitrogens with one attached hydrogen (secondary N) is 2. The second-order valence-electron chi connectivity index (χ2n) is 18.9. The molecule has 7 heteroatoms. The van der Waals surface area contributed by atoms with Gasteiger partial charge >= 0.3 is 5.97 Å². The predicted molar refractivity (Wildman–Crippen MR) is 208 cm³/mol. The van der Waals surface area contributed by atoms with Crippen LogP contribution in [0.15, 0.2) is 60.7 Å². The van der Waals surface area contributed by atoms with Crippen molar-refractivity contribution in [2.45, 2.75) is 118 Å². The van der Waals surface area contributed by atoms with E-state index >= 15 is 0 Å². The Hall–Kier alpha value is -3.45. The van der Waals surface area contributed by atoms with Crippen LogP contribution < -0.4 is 10.6 Å². The van der Waals surface area contributed by atoms with Gasteiger partial charge in [0.15, 0.2) is 0 Å². The summed E-state index contributed by atoms with van der Waals surface area (Å²) in [6.45, 7) is 17.2. The van der Waals surface area contributed by atoms with Crippen molar-refractivity contribution in [1.82, 2.24) is 10.6 Å². The minimum Gasteiger partial charge on any atom is -0.478 e. The van der Waals surface area contributed by atoms with Gasteiger partial charge in [0.1, 0.15) is 0 Å². The minimum atomic E-state index is -0.975. The molecule has 7 rings (SSSR count). The van der Waals surface area contributed by atoms with E-state index in [1.807, 2.05) is 18.2 Å². The van der Waals surface area contributed by atoms with Crippen LogP contribution in [0, 0.1) is 57.2 Å². The molecule has 5 fully saturated rings. The molecule has 4 N–H and O–H groups in total. The zero-order valence-electron chi connectivity index (χ0n) is 32.7. The summed E-state index contributed by atoms with van der Waals surface area (Å²) < 4.78 is 0. The third-order valence-corrected chi connectivity index (χ3v) is 16.2. The number of aliphatic hydroxyl groups excluding tert-OH is 1. The number of hydrogen-bond donors (Lipinski definition) is 4. The predicted octanol–water partition coefficient (Wildman–Crippen LogP) is 8.60. The summed E-state index contributed by atoms with van der Waals surface area (Å²) in [6, 6.07) is 14.3. The Morgan fingerprint density at radius 3 is 2.32 bits per heavy atom. The fraction of sp³-hybridized carbons (Fsp3) is 0.630. The molecule has 0 bridgehead atoms. The first kappa shape index (κ1) is 37.8. The lowest BCUT2D eigenvalue weighted by atomic mass is 9.36. The molecule has 53 heavy (non-hydrogen) atoms. The Kier molecular flexibility index (Phi) is 10.00. The highest BCUT2D eigenvalue weighted by Gasteiger charge is 2.68. The molecule has 0 spiro atoms. The van der Waals surface area contributed by atoms with Crippen LogP contribution in [-0.4, -0.2) is 40.6 Å². The van der Waals surface area contributed by atoms with Crippen LogP contribution >= 0.6 is 0 Å². The molecule has 0 radical (unpaired) electrons. The van der Waals surface area contributed by atoms with Crippen molar-refractivity contribution in [3.63, 3.8) is 0 Å². The van der Waals surface area contributed by atoms with Crippen molar-refractivity contribution in [3.05, 3.63) is 82.9 Å². The number of carbonyl (C=O) groups is 3. The van der Waals surface area contributed by atoms with Gasteiger partial charge in [-0.25, -0.2) is 4.79 Å². The molecule has 10 atom stereocenters. The summed E-state index contributed by atoms with van der Waals surface area (Å²) in [7, 11) is 0. The minimum absolute atomic E-state index is 0.0545. The van der Waals surface area contributed by atoms with Gasteiger partial charge in [0, 0.05) is 18.7 Å². The van der Waals surface area contributed by atoms with Gasteiger partial charge in [0.2, 0.25) is 5.91 Å². The second kappa shape index (κ2) is 14.0. The highest BCUT2D eigenvalue weighted by atomic mass is 16.4. The molecule has 0 saturated heterocycles. The van der Waals surface area contributed by atoms with Crippen LogP contribution in [0.3, 0.4) is 0 Å². The summed E-state index contributed by atoms with van der Waals surface area (Å²) in [5.74, 6) is 1.95. The molecule has 0 aromatic heterocycles. The van der Waals surface area contributed by atoms with Gasteiger partial charge in [0.05, 0.1) is 17.1 Å². The maximum Gasteiger partial charge on any atom is 0.335 e. The number of rotatable bonds is 9. The number of carbonyl (C=O) groups excluding carboxylic acids is 2. The molecule has 286 valence electrons. The Bertz CT molecular complexity index is 1770. The fourth-order valence-electron chi connectivity index (χ4n) is 13.7. The maximum absolute atomic E-state index is 14.6. The lowest BCUT2D eigenvalue weighted by Gasteiger charge is -2.69. The normalized spacial score (nSPS) is 36.9. The van der Waals surface area contributed by atoms with Gasteiger partial charge in [-0.3, -0.25) is 9.59 Å². The van der Waals surface area contributed by atoms with Crippen LogP contribution in [0.4, 0.5) is 0 Å². The van der Waals surface area contributed by atoms with Crippen molar-refractivity contribution in [1.29, 1.82) is 0 Å². The summed E-state index contributed by atoms with van der Waals surface area (Å²) in [4.78, 5) is 39.3. The third kappa shape index (κ3) is 6.27. The smallest absolute Gasteiger partial charge is 0.335 e. The van der Waals surface area contributed by atoms with Gasteiger partial charge < -0.3 is 20.8 Å². The van der Waals surface area contributed by atoms with E-state index in [-0.39, 0.29) is 39.7 Å². The van der Waals surface area contributed by atoms with Crippen molar-refractivity contribution in [3.8, 4) is 0 Å². The van der Waals surface area contributed by atoms with Gasteiger partial charge in [-0.05, 0) is 159 Å². The first-order valence-corrected chi connectivity index (χ1v) is 20.4. The van der Waals surface area contributed by atoms with Crippen LogP contribution in [0.2, 0.25) is 0 Å². The summed E-state index contributed by atoms with van der Waals surface area (Å²) >= 11 is 0. The van der Waals surface area contributed by atoms with Crippen molar-refractivity contribution in [2.24, 2.45) is 57.2 Å². The van der Waals surface area contributed by atoms with Gasteiger partial charge in [-0.1, -0.05) is 70.2 Å². The summed E-state index contributed by atoms with van der Waals surface area (Å²) in [5, 5.41) is 26.9. The topological polar surface area (TPSA) is 116 Å². The van der Waals surface area contributed by atoms with Crippen molar-refractivity contribution in [2.75, 3.05) is 6.54 Å². The number of amides is 2. The van der Waals surface area contributed by atoms with E-state index in [1.165, 1.54) is 31.3 Å².